The fraction of sp³-hybridized carbons (Fsp3) is 0.100. The highest BCUT2D eigenvalue weighted by atomic mass is 32.2. The first kappa shape index (κ1) is 17.3. The lowest BCUT2D eigenvalue weighted by Crippen LogP contribution is -2.02. The van der Waals surface area contributed by atoms with Gasteiger partial charge in [0.1, 0.15) is 0 Å². The first-order valence-corrected chi connectivity index (χ1v) is 8.59. The van der Waals surface area contributed by atoms with Gasteiger partial charge in [-0.2, -0.15) is 0 Å². The molecule has 0 amide bonds. The molecule has 3 aromatic carbocycles. The third-order valence-electron chi connectivity index (χ3n) is 3.72. The van der Waals surface area contributed by atoms with Gasteiger partial charge in [0.05, 0.1) is 0 Å². The molecule has 0 saturated heterocycles. The van der Waals surface area contributed by atoms with E-state index in [1.54, 1.807) is 11.8 Å². The number of anilines is 1. The van der Waals surface area contributed by atoms with E-state index in [2.05, 4.69) is 29.6 Å². The van der Waals surface area contributed by atoms with Gasteiger partial charge in [-0.3, -0.25) is 0 Å². The minimum Gasteiger partial charge on any atom is -0.503 e. The summed E-state index contributed by atoms with van der Waals surface area (Å²) in [5.41, 5.74) is 2.50. The average Bonchev–Trinajstić information content (AvgIpc) is 2.61. The Kier molecular flexibility index (Phi) is 5.24. The Balaban J connectivity index is 1.76. The number of phenols is 1. The summed E-state index contributed by atoms with van der Waals surface area (Å²) in [7, 11) is 0. The Morgan fingerprint density at radius 2 is 1.60 bits per heavy atom. The maximum absolute atomic E-state index is 13.4. The molecule has 0 aromatic heterocycles. The lowest BCUT2D eigenvalue weighted by Gasteiger charge is -2.12. The summed E-state index contributed by atoms with van der Waals surface area (Å²) in [4.78, 5) is 2.19. The van der Waals surface area contributed by atoms with Crippen LogP contribution in [-0.2, 0) is 6.54 Å². The second-order valence-electron chi connectivity index (χ2n) is 5.66. The number of phenolic OH excluding ortho intramolecular Hbond substituents is 1. The Morgan fingerprint density at radius 3 is 2.28 bits per heavy atom. The van der Waals surface area contributed by atoms with Crippen LogP contribution in [0.3, 0.4) is 0 Å². The quantitative estimate of drug-likeness (QED) is 0.571. The number of hydrogen-bond acceptors (Lipinski definition) is 3. The molecule has 0 heterocycles. The molecule has 2 N–H and O–H groups in total. The first-order chi connectivity index (χ1) is 12.0. The first-order valence-electron chi connectivity index (χ1n) is 7.77. The van der Waals surface area contributed by atoms with Crippen molar-refractivity contribution in [1.82, 2.24) is 0 Å². The van der Waals surface area contributed by atoms with E-state index in [0.717, 1.165) is 27.5 Å². The van der Waals surface area contributed by atoms with Gasteiger partial charge in [0.2, 0.25) is 0 Å². The molecule has 3 rings (SSSR count). The highest BCUT2D eigenvalue weighted by Gasteiger charge is 2.10. The second kappa shape index (κ2) is 7.57. The SMILES string of the molecule is Cc1ccc(Sc2ccccc2CNc2cc(F)c(O)c(F)c2)cc1. The fourth-order valence-electron chi connectivity index (χ4n) is 2.35. The van der Waals surface area contributed by atoms with Gasteiger partial charge in [-0.25, -0.2) is 8.78 Å². The van der Waals surface area contributed by atoms with Gasteiger partial charge in [-0.1, -0.05) is 47.7 Å². The lowest BCUT2D eigenvalue weighted by molar-refractivity contribution is 0.396. The normalized spacial score (nSPS) is 10.7. The molecule has 2 nitrogen and oxygen atoms in total. The summed E-state index contributed by atoms with van der Waals surface area (Å²) in [5.74, 6) is -2.92. The summed E-state index contributed by atoms with van der Waals surface area (Å²) >= 11 is 1.64. The maximum atomic E-state index is 13.4. The van der Waals surface area contributed by atoms with Gasteiger partial charge >= 0.3 is 0 Å². The molecule has 0 radical (unpaired) electrons. The second-order valence-corrected chi connectivity index (χ2v) is 6.78. The number of halogens is 2. The summed E-state index contributed by atoms with van der Waals surface area (Å²) in [5, 5.41) is 12.2. The molecule has 0 spiro atoms. The molecular weight excluding hydrogens is 340 g/mol. The molecule has 3 aromatic rings. The summed E-state index contributed by atoms with van der Waals surface area (Å²) < 4.78 is 26.9. The zero-order chi connectivity index (χ0) is 17.8. The van der Waals surface area contributed by atoms with Gasteiger partial charge < -0.3 is 10.4 Å². The number of nitrogens with one attached hydrogen (secondary N) is 1. The topological polar surface area (TPSA) is 32.3 Å². The standard InChI is InChI=1S/C20H17F2NOS/c1-13-6-8-16(9-7-13)25-19-5-3-2-4-14(19)12-23-15-10-17(21)20(24)18(22)11-15/h2-11,23-24H,12H2,1H3. The molecule has 0 atom stereocenters. The molecular formula is C20H17F2NOS. The zero-order valence-corrected chi connectivity index (χ0v) is 14.4. The molecule has 0 aliphatic rings. The summed E-state index contributed by atoms with van der Waals surface area (Å²) in [6, 6.07) is 18.3. The van der Waals surface area contributed by atoms with Gasteiger partial charge in [-0.05, 0) is 30.7 Å². The number of hydrogen-bond donors (Lipinski definition) is 2. The van der Waals surface area contributed by atoms with Crippen molar-refractivity contribution in [1.29, 1.82) is 0 Å². The third-order valence-corrected chi connectivity index (χ3v) is 4.85. The van der Waals surface area contributed by atoms with E-state index in [0.29, 0.717) is 6.54 Å². The van der Waals surface area contributed by atoms with Crippen molar-refractivity contribution in [2.24, 2.45) is 0 Å². The molecule has 0 saturated carbocycles. The Bertz CT molecular complexity index is 858. The van der Waals surface area contributed by atoms with Crippen LogP contribution in [0.1, 0.15) is 11.1 Å². The van der Waals surface area contributed by atoms with Gasteiger partial charge in [-0.15, -0.1) is 0 Å². The van der Waals surface area contributed by atoms with E-state index in [1.165, 1.54) is 5.56 Å². The number of rotatable bonds is 5. The molecule has 0 aliphatic heterocycles. The van der Waals surface area contributed by atoms with Crippen molar-refractivity contribution >= 4 is 17.4 Å². The summed E-state index contributed by atoms with van der Waals surface area (Å²) in [6.07, 6.45) is 0. The molecule has 25 heavy (non-hydrogen) atoms. The molecule has 0 fully saturated rings. The highest BCUT2D eigenvalue weighted by Crippen LogP contribution is 2.31. The van der Waals surface area contributed by atoms with Crippen LogP contribution >= 0.6 is 11.8 Å². The molecule has 0 bridgehead atoms. The highest BCUT2D eigenvalue weighted by molar-refractivity contribution is 7.99. The van der Waals surface area contributed by atoms with Crippen LogP contribution in [0.15, 0.2) is 70.5 Å². The van der Waals surface area contributed by atoms with Crippen LogP contribution in [0.5, 0.6) is 5.75 Å². The molecule has 0 unspecified atom stereocenters. The Labute approximate surface area is 149 Å². The van der Waals surface area contributed by atoms with Crippen LogP contribution in [0.2, 0.25) is 0 Å². The predicted molar refractivity (Wildman–Crippen MR) is 97.1 cm³/mol. The van der Waals surface area contributed by atoms with Crippen molar-refractivity contribution < 1.29 is 13.9 Å². The number of benzene rings is 3. The van der Waals surface area contributed by atoms with Gasteiger partial charge in [0.25, 0.3) is 0 Å². The Hall–Kier alpha value is -2.53. The van der Waals surface area contributed by atoms with Crippen LogP contribution in [0.25, 0.3) is 0 Å². The minimum absolute atomic E-state index is 0.280. The van der Waals surface area contributed by atoms with Crippen molar-refractivity contribution in [3.05, 3.63) is 83.4 Å². The third kappa shape index (κ3) is 4.31. The fourth-order valence-corrected chi connectivity index (χ4v) is 3.29. The van der Waals surface area contributed by atoms with E-state index in [1.807, 2.05) is 31.2 Å². The van der Waals surface area contributed by atoms with Crippen LogP contribution in [0, 0.1) is 18.6 Å². The van der Waals surface area contributed by atoms with Crippen LogP contribution < -0.4 is 5.32 Å². The minimum atomic E-state index is -0.982. The van der Waals surface area contributed by atoms with Gasteiger partial charge in [0.15, 0.2) is 17.4 Å². The predicted octanol–water partition coefficient (Wildman–Crippen LogP) is 5.74. The van der Waals surface area contributed by atoms with Crippen molar-refractivity contribution in [2.75, 3.05) is 5.32 Å². The van der Waals surface area contributed by atoms with Gasteiger partial charge in [0, 0.05) is 34.2 Å². The molecule has 128 valence electrons. The van der Waals surface area contributed by atoms with E-state index < -0.39 is 17.4 Å². The summed E-state index contributed by atoms with van der Waals surface area (Å²) in [6.45, 7) is 2.46. The van der Waals surface area contributed by atoms with Crippen molar-refractivity contribution in [3.8, 4) is 5.75 Å². The maximum Gasteiger partial charge on any atom is 0.187 e. The van der Waals surface area contributed by atoms with E-state index in [-0.39, 0.29) is 5.69 Å². The largest absolute Gasteiger partial charge is 0.503 e. The average molecular weight is 357 g/mol. The Morgan fingerprint density at radius 1 is 0.960 bits per heavy atom. The van der Waals surface area contributed by atoms with E-state index in [9.17, 15) is 8.78 Å². The zero-order valence-electron chi connectivity index (χ0n) is 13.6. The lowest BCUT2D eigenvalue weighted by atomic mass is 10.2. The van der Waals surface area contributed by atoms with Crippen molar-refractivity contribution in [3.63, 3.8) is 0 Å². The van der Waals surface area contributed by atoms with Crippen LogP contribution in [-0.4, -0.2) is 5.11 Å². The van der Waals surface area contributed by atoms with E-state index >= 15 is 0 Å². The smallest absolute Gasteiger partial charge is 0.187 e. The molecule has 0 aliphatic carbocycles. The number of aromatic hydroxyl groups is 1. The van der Waals surface area contributed by atoms with Crippen LogP contribution in [0.4, 0.5) is 14.5 Å². The number of aryl methyl sites for hydroxylation is 1. The molecule has 5 heteroatoms. The van der Waals surface area contributed by atoms with Crippen molar-refractivity contribution in [2.45, 2.75) is 23.3 Å². The van der Waals surface area contributed by atoms with E-state index in [4.69, 9.17) is 5.11 Å². The monoisotopic (exact) mass is 357 g/mol.